The number of hydrogen-bond acceptors (Lipinski definition) is 4. The van der Waals surface area contributed by atoms with E-state index in [0.717, 1.165) is 11.4 Å². The van der Waals surface area contributed by atoms with Crippen molar-refractivity contribution < 1.29 is 10.2 Å². The van der Waals surface area contributed by atoms with Gasteiger partial charge in [0.2, 0.25) is 0 Å². The number of H-pyrrole nitrogens is 1. The summed E-state index contributed by atoms with van der Waals surface area (Å²) in [6.45, 7) is 3.98. The van der Waals surface area contributed by atoms with Crippen LogP contribution in [0, 0.1) is 13.8 Å². The third kappa shape index (κ3) is 2.12. The van der Waals surface area contributed by atoms with E-state index >= 15 is 0 Å². The Hall–Kier alpha value is -0.910. The van der Waals surface area contributed by atoms with Crippen LogP contribution in [-0.2, 0) is 0 Å². The van der Waals surface area contributed by atoms with E-state index in [9.17, 15) is 10.2 Å². The number of aliphatic hydroxyl groups is 2. The molecule has 0 aliphatic heterocycles. The van der Waals surface area contributed by atoms with Gasteiger partial charge >= 0.3 is 0 Å². The number of nitrogens with zero attached hydrogens (tertiary/aromatic N) is 1. The van der Waals surface area contributed by atoms with Gasteiger partial charge in [0, 0.05) is 17.8 Å². The van der Waals surface area contributed by atoms with Crippen LogP contribution in [0.5, 0.6) is 0 Å². The van der Waals surface area contributed by atoms with E-state index < -0.39 is 12.2 Å². The van der Waals surface area contributed by atoms with Crippen LogP contribution in [0.3, 0.4) is 0 Å². The van der Waals surface area contributed by atoms with Gasteiger partial charge in [0.15, 0.2) is 0 Å². The lowest BCUT2D eigenvalue weighted by Crippen LogP contribution is -2.30. The van der Waals surface area contributed by atoms with E-state index in [1.54, 1.807) is 14.0 Å². The lowest BCUT2D eigenvalue weighted by atomic mass is 10.0. The van der Waals surface area contributed by atoms with Gasteiger partial charge in [0.1, 0.15) is 6.10 Å². The molecule has 2 unspecified atom stereocenters. The molecule has 0 aliphatic rings. The van der Waals surface area contributed by atoms with Gasteiger partial charge in [-0.25, -0.2) is 0 Å². The number of aliphatic hydroxyl groups excluding tert-OH is 2. The summed E-state index contributed by atoms with van der Waals surface area (Å²) >= 11 is 0. The topological polar surface area (TPSA) is 81.2 Å². The molecular weight excluding hydrogens is 182 g/mol. The van der Waals surface area contributed by atoms with E-state index in [1.165, 1.54) is 0 Å². The number of likely N-dealkylation sites (N-methyl/N-ethyl adjacent to an activating group) is 1. The van der Waals surface area contributed by atoms with E-state index in [-0.39, 0.29) is 0 Å². The van der Waals surface area contributed by atoms with Gasteiger partial charge in [0.05, 0.1) is 11.8 Å². The predicted molar refractivity (Wildman–Crippen MR) is 53.0 cm³/mol. The lowest BCUT2D eigenvalue weighted by molar-refractivity contribution is 0.0195. The molecule has 0 radical (unpaired) electrons. The summed E-state index contributed by atoms with van der Waals surface area (Å²) in [4.78, 5) is 0. The number of aryl methyl sites for hydroxylation is 2. The van der Waals surface area contributed by atoms with E-state index in [4.69, 9.17) is 0 Å². The minimum atomic E-state index is -0.888. The summed E-state index contributed by atoms with van der Waals surface area (Å²) in [5.74, 6) is 0. The molecule has 0 aliphatic carbocycles. The lowest BCUT2D eigenvalue weighted by Gasteiger charge is -2.17. The molecule has 14 heavy (non-hydrogen) atoms. The number of aromatic amines is 1. The van der Waals surface area contributed by atoms with E-state index in [0.29, 0.717) is 12.1 Å². The van der Waals surface area contributed by atoms with Crippen LogP contribution >= 0.6 is 0 Å². The Morgan fingerprint density at radius 2 is 2.07 bits per heavy atom. The second kappa shape index (κ2) is 4.54. The van der Waals surface area contributed by atoms with Crippen molar-refractivity contribution in [3.05, 3.63) is 17.0 Å². The van der Waals surface area contributed by atoms with E-state index in [1.807, 2.05) is 6.92 Å². The quantitative estimate of drug-likeness (QED) is 0.534. The Labute approximate surface area is 83.2 Å². The Morgan fingerprint density at radius 3 is 2.50 bits per heavy atom. The molecule has 1 aromatic heterocycles. The monoisotopic (exact) mass is 199 g/mol. The minimum absolute atomic E-state index is 0.352. The van der Waals surface area contributed by atoms with Crippen LogP contribution < -0.4 is 5.32 Å². The maximum atomic E-state index is 9.82. The van der Waals surface area contributed by atoms with Crippen LogP contribution in [0.25, 0.3) is 0 Å². The van der Waals surface area contributed by atoms with Crippen molar-refractivity contribution in [1.29, 1.82) is 0 Å². The Balaban J connectivity index is 2.82. The fourth-order valence-electron chi connectivity index (χ4n) is 1.51. The molecule has 0 spiro atoms. The molecule has 80 valence electrons. The van der Waals surface area contributed by atoms with Gasteiger partial charge in [-0.05, 0) is 20.9 Å². The Kier molecular flexibility index (Phi) is 3.62. The number of nitrogens with one attached hydrogen (secondary N) is 2. The maximum absolute atomic E-state index is 9.82. The molecule has 0 bridgehead atoms. The molecule has 5 heteroatoms. The van der Waals surface area contributed by atoms with Crippen molar-refractivity contribution >= 4 is 0 Å². The average molecular weight is 199 g/mol. The summed E-state index contributed by atoms with van der Waals surface area (Å²) in [5, 5.41) is 29.0. The average Bonchev–Trinajstić information content (AvgIpc) is 2.46. The van der Waals surface area contributed by atoms with Crippen LogP contribution in [-0.4, -0.2) is 40.1 Å². The zero-order chi connectivity index (χ0) is 10.7. The molecule has 4 N–H and O–H groups in total. The second-order valence-corrected chi connectivity index (χ2v) is 3.42. The molecule has 0 saturated carbocycles. The highest BCUT2D eigenvalue weighted by Gasteiger charge is 2.22. The summed E-state index contributed by atoms with van der Waals surface area (Å²) in [6.07, 6.45) is -1.70. The molecule has 5 nitrogen and oxygen atoms in total. The first-order chi connectivity index (χ1) is 6.57. The minimum Gasteiger partial charge on any atom is -0.389 e. The zero-order valence-electron chi connectivity index (χ0n) is 8.70. The van der Waals surface area contributed by atoms with Gasteiger partial charge in [-0.1, -0.05) is 0 Å². The van der Waals surface area contributed by atoms with E-state index in [2.05, 4.69) is 15.5 Å². The van der Waals surface area contributed by atoms with Crippen LogP contribution in [0.1, 0.15) is 23.1 Å². The molecule has 1 rings (SSSR count). The van der Waals surface area contributed by atoms with Crippen LogP contribution in [0.4, 0.5) is 0 Å². The van der Waals surface area contributed by atoms with Crippen molar-refractivity contribution in [2.75, 3.05) is 13.6 Å². The fourth-order valence-corrected chi connectivity index (χ4v) is 1.51. The smallest absolute Gasteiger partial charge is 0.110 e. The summed E-state index contributed by atoms with van der Waals surface area (Å²) in [7, 11) is 1.73. The molecule has 1 heterocycles. The highest BCUT2D eigenvalue weighted by atomic mass is 16.3. The predicted octanol–water partition coefficient (Wildman–Crippen LogP) is -0.360. The van der Waals surface area contributed by atoms with Gasteiger partial charge < -0.3 is 15.5 Å². The summed E-state index contributed by atoms with van der Waals surface area (Å²) < 4.78 is 0. The zero-order valence-corrected chi connectivity index (χ0v) is 8.70. The second-order valence-electron chi connectivity index (χ2n) is 3.42. The standard InChI is InChI=1S/C9H17N3O2/c1-5-8(6(2)12-11-5)9(14)7(13)4-10-3/h7,9-10,13-14H,4H2,1-3H3,(H,11,12). The molecule has 0 fully saturated rings. The maximum Gasteiger partial charge on any atom is 0.110 e. The number of hydrogen-bond donors (Lipinski definition) is 4. The van der Waals surface area contributed by atoms with Crippen molar-refractivity contribution in [2.45, 2.75) is 26.1 Å². The molecule has 2 atom stereocenters. The first-order valence-corrected chi connectivity index (χ1v) is 4.60. The third-order valence-electron chi connectivity index (χ3n) is 2.26. The van der Waals surface area contributed by atoms with Crippen molar-refractivity contribution in [2.24, 2.45) is 0 Å². The Morgan fingerprint density at radius 1 is 1.43 bits per heavy atom. The molecule has 0 amide bonds. The van der Waals surface area contributed by atoms with Crippen molar-refractivity contribution in [3.63, 3.8) is 0 Å². The fraction of sp³-hybridized carbons (Fsp3) is 0.667. The van der Waals surface area contributed by atoms with Crippen LogP contribution in [0.2, 0.25) is 0 Å². The van der Waals surface area contributed by atoms with Gasteiger partial charge in [-0.3, -0.25) is 5.10 Å². The number of rotatable bonds is 4. The Bertz CT molecular complexity index is 279. The first-order valence-electron chi connectivity index (χ1n) is 4.60. The highest BCUT2D eigenvalue weighted by Crippen LogP contribution is 2.21. The molecular formula is C9H17N3O2. The van der Waals surface area contributed by atoms with Gasteiger partial charge in [0.25, 0.3) is 0 Å². The highest BCUT2D eigenvalue weighted by molar-refractivity contribution is 5.26. The van der Waals surface area contributed by atoms with Crippen molar-refractivity contribution in [3.8, 4) is 0 Å². The molecule has 0 saturated heterocycles. The van der Waals surface area contributed by atoms with Gasteiger partial charge in [-0.15, -0.1) is 0 Å². The SMILES string of the molecule is CNCC(O)C(O)c1c(C)n[nH]c1C. The normalized spacial score (nSPS) is 15.5. The third-order valence-corrected chi connectivity index (χ3v) is 2.26. The van der Waals surface area contributed by atoms with Crippen molar-refractivity contribution in [1.82, 2.24) is 15.5 Å². The van der Waals surface area contributed by atoms with Gasteiger partial charge in [-0.2, -0.15) is 5.10 Å². The molecule has 0 aromatic carbocycles. The summed E-state index contributed by atoms with van der Waals surface area (Å²) in [6, 6.07) is 0. The molecule has 1 aromatic rings. The first kappa shape index (κ1) is 11.2. The van der Waals surface area contributed by atoms with Crippen LogP contribution in [0.15, 0.2) is 0 Å². The summed E-state index contributed by atoms with van der Waals surface area (Å²) in [5.41, 5.74) is 2.21. The largest absolute Gasteiger partial charge is 0.389 e. The number of aromatic nitrogens is 2.